The van der Waals surface area contributed by atoms with Crippen molar-refractivity contribution in [1.29, 1.82) is 0 Å². The summed E-state index contributed by atoms with van der Waals surface area (Å²) in [4.78, 5) is 36.8. The van der Waals surface area contributed by atoms with E-state index in [0.29, 0.717) is 4.90 Å². The molecule has 0 spiro atoms. The number of anilines is 1. The molecule has 0 bridgehead atoms. The number of aromatic carboxylic acids is 1. The first-order chi connectivity index (χ1) is 15.7. The molecule has 1 N–H and O–H groups in total. The highest BCUT2D eigenvalue weighted by Gasteiger charge is 2.73. The summed E-state index contributed by atoms with van der Waals surface area (Å²) in [5, 5.41) is 2.75. The number of halogens is 7. The highest BCUT2D eigenvalue weighted by atomic mass is 32.2. The number of amides is 2. The molecule has 0 aromatic heterocycles. The van der Waals surface area contributed by atoms with E-state index in [-0.39, 0.29) is 22.6 Å². The van der Waals surface area contributed by atoms with Crippen LogP contribution in [0.1, 0.15) is 16.8 Å². The van der Waals surface area contributed by atoms with Gasteiger partial charge in [-0.05, 0) is 48.2 Å². The summed E-state index contributed by atoms with van der Waals surface area (Å²) in [5.41, 5.74) is -0.191. The standard InChI is InChI=1S/C20H12F7NO4S2/c21-18(22,19(23,24)25)20(26,27)34-11-7-5-10(6-8-11)28-15(29)9-14(16(28)30)33-13-4-2-1-3-12(13)17(31)32/h1-8,14H,9H2,(H,31,32)/t14-/m0/s1. The SMILES string of the molecule is O=C(O)c1ccccc1S[C@H]1CC(=O)N(c2ccc(SC(F)(F)C(F)(F)C(F)(F)F)cc2)C1=O. The first kappa shape index (κ1) is 25.9. The van der Waals surface area contributed by atoms with Crippen LogP contribution in [-0.2, 0) is 9.59 Å². The Kier molecular flexibility index (Phi) is 6.95. The Labute approximate surface area is 195 Å². The maximum Gasteiger partial charge on any atom is 0.460 e. The van der Waals surface area contributed by atoms with Crippen molar-refractivity contribution >= 4 is 47.0 Å². The van der Waals surface area contributed by atoms with Crippen LogP contribution in [0.25, 0.3) is 0 Å². The van der Waals surface area contributed by atoms with Crippen molar-refractivity contribution in [1.82, 2.24) is 0 Å². The number of hydrogen-bond acceptors (Lipinski definition) is 5. The number of carbonyl (C=O) groups excluding carboxylic acids is 2. The summed E-state index contributed by atoms with van der Waals surface area (Å²) in [6.07, 6.45) is -6.77. The smallest absolute Gasteiger partial charge is 0.460 e. The Morgan fingerprint density at radius 1 is 0.941 bits per heavy atom. The summed E-state index contributed by atoms with van der Waals surface area (Å²) < 4.78 is 90.2. The Bertz CT molecular complexity index is 1120. The third-order valence-corrected chi connectivity index (χ3v) is 6.84. The van der Waals surface area contributed by atoms with Gasteiger partial charge in [-0.25, -0.2) is 9.69 Å². The van der Waals surface area contributed by atoms with Gasteiger partial charge in [0.05, 0.1) is 16.5 Å². The first-order valence-corrected chi connectivity index (χ1v) is 10.8. The number of nitrogens with zero attached hydrogens (tertiary/aromatic N) is 1. The predicted molar refractivity (Wildman–Crippen MR) is 108 cm³/mol. The summed E-state index contributed by atoms with van der Waals surface area (Å²) >= 11 is -0.166. The number of hydrogen-bond donors (Lipinski definition) is 1. The summed E-state index contributed by atoms with van der Waals surface area (Å²) in [7, 11) is 0. The molecular formula is C20H12F7NO4S2. The highest BCUT2D eigenvalue weighted by Crippen LogP contribution is 2.54. The second-order valence-electron chi connectivity index (χ2n) is 6.86. The molecule has 182 valence electrons. The van der Waals surface area contributed by atoms with Crippen molar-refractivity contribution in [3.8, 4) is 0 Å². The molecule has 1 aliphatic rings. The van der Waals surface area contributed by atoms with Crippen molar-refractivity contribution in [3.05, 3.63) is 54.1 Å². The van der Waals surface area contributed by atoms with E-state index < -0.39 is 57.0 Å². The fourth-order valence-electron chi connectivity index (χ4n) is 2.91. The third-order valence-electron chi connectivity index (χ3n) is 4.55. The van der Waals surface area contributed by atoms with Gasteiger partial charge in [0.2, 0.25) is 11.8 Å². The molecular weight excluding hydrogens is 515 g/mol. The lowest BCUT2D eigenvalue weighted by atomic mass is 10.2. The molecule has 2 aromatic carbocycles. The minimum Gasteiger partial charge on any atom is -0.478 e. The number of alkyl halides is 7. The van der Waals surface area contributed by atoms with E-state index in [1.54, 1.807) is 6.07 Å². The zero-order valence-electron chi connectivity index (χ0n) is 16.5. The number of carboxylic acid groups (broad SMARTS) is 1. The maximum atomic E-state index is 13.6. The molecule has 14 heteroatoms. The van der Waals surface area contributed by atoms with E-state index in [1.807, 2.05) is 0 Å². The van der Waals surface area contributed by atoms with E-state index in [1.165, 1.54) is 18.2 Å². The lowest BCUT2D eigenvalue weighted by molar-refractivity contribution is -0.330. The van der Waals surface area contributed by atoms with Gasteiger partial charge in [-0.3, -0.25) is 9.59 Å². The van der Waals surface area contributed by atoms with Crippen LogP contribution in [0, 0.1) is 0 Å². The quantitative estimate of drug-likeness (QED) is 0.283. The van der Waals surface area contributed by atoms with Crippen LogP contribution in [0.5, 0.6) is 0 Å². The molecule has 2 aromatic rings. The number of benzene rings is 2. The van der Waals surface area contributed by atoms with Crippen LogP contribution in [0.3, 0.4) is 0 Å². The van der Waals surface area contributed by atoms with Crippen molar-refractivity contribution in [3.63, 3.8) is 0 Å². The molecule has 1 atom stereocenters. The fraction of sp³-hybridized carbons (Fsp3) is 0.250. The van der Waals surface area contributed by atoms with Gasteiger partial charge >= 0.3 is 23.3 Å². The van der Waals surface area contributed by atoms with Gasteiger partial charge in [0.15, 0.2) is 0 Å². The van der Waals surface area contributed by atoms with Crippen molar-refractivity contribution in [2.75, 3.05) is 4.90 Å². The molecule has 0 aliphatic carbocycles. The third kappa shape index (κ3) is 4.87. The monoisotopic (exact) mass is 527 g/mol. The molecule has 1 heterocycles. The predicted octanol–water partition coefficient (Wildman–Crippen LogP) is 5.69. The summed E-state index contributed by atoms with van der Waals surface area (Å²) in [5.74, 6) is -8.95. The summed E-state index contributed by atoms with van der Waals surface area (Å²) in [6, 6.07) is 9.27. The Morgan fingerprint density at radius 3 is 2.09 bits per heavy atom. The van der Waals surface area contributed by atoms with Gasteiger partial charge in [0.1, 0.15) is 0 Å². The van der Waals surface area contributed by atoms with Crippen LogP contribution in [0.2, 0.25) is 0 Å². The van der Waals surface area contributed by atoms with Crippen molar-refractivity contribution in [2.45, 2.75) is 38.8 Å². The number of rotatable bonds is 7. The van der Waals surface area contributed by atoms with Gasteiger partial charge in [0, 0.05) is 16.2 Å². The molecule has 0 saturated carbocycles. The maximum absolute atomic E-state index is 13.6. The van der Waals surface area contributed by atoms with Crippen molar-refractivity contribution in [2.24, 2.45) is 0 Å². The Morgan fingerprint density at radius 2 is 1.53 bits per heavy atom. The van der Waals surface area contributed by atoms with Gasteiger partial charge in [0.25, 0.3) is 0 Å². The van der Waals surface area contributed by atoms with Gasteiger partial charge in [-0.1, -0.05) is 12.1 Å². The zero-order valence-corrected chi connectivity index (χ0v) is 18.1. The largest absolute Gasteiger partial charge is 0.478 e. The van der Waals surface area contributed by atoms with Crippen LogP contribution < -0.4 is 4.90 Å². The molecule has 1 aliphatic heterocycles. The van der Waals surface area contributed by atoms with Gasteiger partial charge in [-0.2, -0.15) is 30.7 Å². The lowest BCUT2D eigenvalue weighted by Gasteiger charge is -2.27. The normalized spacial score (nSPS) is 17.4. The second kappa shape index (κ2) is 9.13. The number of imide groups is 1. The topological polar surface area (TPSA) is 74.7 Å². The Hall–Kier alpha value is -2.74. The van der Waals surface area contributed by atoms with Gasteiger partial charge in [-0.15, -0.1) is 11.8 Å². The minimum atomic E-state index is -6.47. The highest BCUT2D eigenvalue weighted by molar-refractivity contribution is 8.01. The van der Waals surface area contributed by atoms with E-state index >= 15 is 0 Å². The molecule has 2 amide bonds. The van der Waals surface area contributed by atoms with Crippen LogP contribution in [0.4, 0.5) is 36.4 Å². The molecule has 1 fully saturated rings. The van der Waals surface area contributed by atoms with E-state index in [4.69, 9.17) is 0 Å². The van der Waals surface area contributed by atoms with E-state index in [0.717, 1.165) is 36.0 Å². The number of carbonyl (C=O) groups is 3. The van der Waals surface area contributed by atoms with Crippen LogP contribution in [-0.4, -0.2) is 45.5 Å². The number of thioether (sulfide) groups is 2. The fourth-order valence-corrected chi connectivity index (χ4v) is 4.90. The number of carboxylic acids is 1. The van der Waals surface area contributed by atoms with E-state index in [9.17, 15) is 50.2 Å². The lowest BCUT2D eigenvalue weighted by Crippen LogP contribution is -2.49. The average Bonchev–Trinajstić information content (AvgIpc) is 3.00. The van der Waals surface area contributed by atoms with E-state index in [2.05, 4.69) is 0 Å². The molecule has 0 radical (unpaired) electrons. The average molecular weight is 527 g/mol. The second-order valence-corrected chi connectivity index (χ2v) is 9.30. The van der Waals surface area contributed by atoms with Crippen LogP contribution >= 0.6 is 23.5 Å². The minimum absolute atomic E-state index is 0.0795. The molecule has 0 unspecified atom stereocenters. The first-order valence-electron chi connectivity index (χ1n) is 9.13. The molecule has 1 saturated heterocycles. The summed E-state index contributed by atoms with van der Waals surface area (Å²) in [6.45, 7) is 0. The Balaban J connectivity index is 1.77. The zero-order chi connectivity index (χ0) is 25.5. The van der Waals surface area contributed by atoms with Crippen molar-refractivity contribution < 1.29 is 50.2 Å². The van der Waals surface area contributed by atoms with Gasteiger partial charge < -0.3 is 5.11 Å². The molecule has 34 heavy (non-hydrogen) atoms. The molecule has 5 nitrogen and oxygen atoms in total. The van der Waals surface area contributed by atoms with Crippen LogP contribution in [0.15, 0.2) is 58.3 Å². The molecule has 3 rings (SSSR count).